The van der Waals surface area contributed by atoms with E-state index in [1.165, 1.54) is 109 Å². The molecule has 2 heteroatoms. The number of carbonyl (C=O) groups is 1. The van der Waals surface area contributed by atoms with E-state index in [1.807, 2.05) is 0 Å². The highest BCUT2D eigenvalue weighted by atomic mass is 16.4. The van der Waals surface area contributed by atoms with Gasteiger partial charge in [0.25, 0.3) is 0 Å². The van der Waals surface area contributed by atoms with Crippen LogP contribution in [0.4, 0.5) is 0 Å². The van der Waals surface area contributed by atoms with E-state index in [-0.39, 0.29) is 5.92 Å². The first-order valence-corrected chi connectivity index (χ1v) is 13.9. The molecule has 180 valence electrons. The Labute approximate surface area is 190 Å². The molecule has 30 heavy (non-hydrogen) atoms. The Morgan fingerprint density at radius 3 is 1.23 bits per heavy atom. The molecule has 2 nitrogen and oxygen atoms in total. The molecule has 0 amide bonds. The smallest absolute Gasteiger partial charge is 0.306 e. The molecule has 0 saturated carbocycles. The predicted molar refractivity (Wildman–Crippen MR) is 133 cm³/mol. The normalized spacial score (nSPS) is 13.4. The second-order valence-electron chi connectivity index (χ2n) is 9.73. The van der Waals surface area contributed by atoms with Crippen LogP contribution in [0.3, 0.4) is 0 Å². The average Bonchev–Trinajstić information content (AvgIpc) is 2.73. The lowest BCUT2D eigenvalue weighted by Crippen LogP contribution is -2.24. The van der Waals surface area contributed by atoms with Gasteiger partial charge in [0.2, 0.25) is 0 Å². The minimum Gasteiger partial charge on any atom is -0.481 e. The van der Waals surface area contributed by atoms with Gasteiger partial charge in [0, 0.05) is 0 Å². The van der Waals surface area contributed by atoms with E-state index < -0.39 is 5.97 Å². The fraction of sp³-hybridized carbons (Fsp3) is 0.964. The number of carboxylic acids is 1. The standard InChI is InChI=1S/C28H56O2/c1-4-7-10-11-12-13-14-15-16-17-18-19-20-22-24-26(23-21-8-5-2)27(28(29)30)25-9-6-3/h26-27H,4-25H2,1-3H3,(H,29,30). The van der Waals surface area contributed by atoms with E-state index in [4.69, 9.17) is 0 Å². The summed E-state index contributed by atoms with van der Waals surface area (Å²) in [5.41, 5.74) is 0. The first kappa shape index (κ1) is 29.5. The molecule has 1 N–H and O–H groups in total. The van der Waals surface area contributed by atoms with E-state index in [0.29, 0.717) is 5.92 Å². The van der Waals surface area contributed by atoms with Crippen molar-refractivity contribution in [3.05, 3.63) is 0 Å². The number of hydrogen-bond donors (Lipinski definition) is 1. The van der Waals surface area contributed by atoms with Crippen LogP contribution in [-0.2, 0) is 4.79 Å². The molecule has 0 saturated heterocycles. The van der Waals surface area contributed by atoms with Crippen LogP contribution in [0.25, 0.3) is 0 Å². The summed E-state index contributed by atoms with van der Waals surface area (Å²) >= 11 is 0. The van der Waals surface area contributed by atoms with Crippen molar-refractivity contribution in [2.75, 3.05) is 0 Å². The van der Waals surface area contributed by atoms with Crippen molar-refractivity contribution in [1.29, 1.82) is 0 Å². The fourth-order valence-corrected chi connectivity index (χ4v) is 4.79. The van der Waals surface area contributed by atoms with Crippen molar-refractivity contribution in [2.45, 2.75) is 162 Å². The van der Waals surface area contributed by atoms with E-state index in [0.717, 1.165) is 32.1 Å². The fourth-order valence-electron chi connectivity index (χ4n) is 4.79. The van der Waals surface area contributed by atoms with Crippen LogP contribution in [-0.4, -0.2) is 11.1 Å². The summed E-state index contributed by atoms with van der Waals surface area (Å²) in [6.45, 7) is 6.68. The number of rotatable bonds is 24. The second-order valence-corrected chi connectivity index (χ2v) is 9.73. The van der Waals surface area contributed by atoms with Gasteiger partial charge in [0.15, 0.2) is 0 Å². The largest absolute Gasteiger partial charge is 0.481 e. The van der Waals surface area contributed by atoms with Crippen LogP contribution >= 0.6 is 0 Å². The molecule has 0 aliphatic heterocycles. The summed E-state index contributed by atoms with van der Waals surface area (Å²) < 4.78 is 0. The molecule has 0 spiro atoms. The Kier molecular flexibility index (Phi) is 22.7. The van der Waals surface area contributed by atoms with Gasteiger partial charge in [-0.1, -0.05) is 143 Å². The number of hydrogen-bond acceptors (Lipinski definition) is 1. The predicted octanol–water partition coefficient (Wildman–Crippen LogP) is 9.95. The molecule has 0 bridgehead atoms. The quantitative estimate of drug-likeness (QED) is 0.156. The minimum absolute atomic E-state index is 0.108. The molecule has 0 aromatic carbocycles. The van der Waals surface area contributed by atoms with Crippen molar-refractivity contribution >= 4 is 5.97 Å². The molecular formula is C28H56O2. The number of carboxylic acid groups (broad SMARTS) is 1. The molecule has 2 atom stereocenters. The molecular weight excluding hydrogens is 368 g/mol. The van der Waals surface area contributed by atoms with Gasteiger partial charge in [-0.25, -0.2) is 0 Å². The molecule has 0 aliphatic rings. The molecule has 0 heterocycles. The van der Waals surface area contributed by atoms with Crippen molar-refractivity contribution in [2.24, 2.45) is 11.8 Å². The van der Waals surface area contributed by atoms with Gasteiger partial charge >= 0.3 is 5.97 Å². The summed E-state index contributed by atoms with van der Waals surface area (Å²) in [7, 11) is 0. The van der Waals surface area contributed by atoms with Crippen LogP contribution in [0.1, 0.15) is 162 Å². The zero-order valence-corrected chi connectivity index (χ0v) is 21.1. The van der Waals surface area contributed by atoms with Crippen LogP contribution in [0.15, 0.2) is 0 Å². The van der Waals surface area contributed by atoms with E-state index in [2.05, 4.69) is 20.8 Å². The minimum atomic E-state index is -0.546. The average molecular weight is 425 g/mol. The molecule has 0 fully saturated rings. The maximum atomic E-state index is 11.8. The molecule has 0 rings (SSSR count). The van der Waals surface area contributed by atoms with Gasteiger partial charge in [-0.15, -0.1) is 0 Å². The van der Waals surface area contributed by atoms with Gasteiger partial charge < -0.3 is 5.11 Å². The van der Waals surface area contributed by atoms with Crippen LogP contribution < -0.4 is 0 Å². The lowest BCUT2D eigenvalue weighted by molar-refractivity contribution is -0.144. The maximum absolute atomic E-state index is 11.8. The zero-order chi connectivity index (χ0) is 22.3. The van der Waals surface area contributed by atoms with Gasteiger partial charge in [-0.05, 0) is 25.2 Å². The molecule has 0 aliphatic carbocycles. The Bertz CT molecular complexity index is 353. The summed E-state index contributed by atoms with van der Waals surface area (Å²) in [5.74, 6) is -0.253. The van der Waals surface area contributed by atoms with E-state index in [1.54, 1.807) is 0 Å². The monoisotopic (exact) mass is 424 g/mol. The summed E-state index contributed by atoms with van der Waals surface area (Å²) in [6, 6.07) is 0. The Balaban J connectivity index is 3.82. The highest BCUT2D eigenvalue weighted by Crippen LogP contribution is 2.29. The maximum Gasteiger partial charge on any atom is 0.306 e. The number of unbranched alkanes of at least 4 members (excludes halogenated alkanes) is 16. The Morgan fingerprint density at radius 1 is 0.500 bits per heavy atom. The molecule has 0 radical (unpaired) electrons. The Morgan fingerprint density at radius 2 is 0.833 bits per heavy atom. The number of aliphatic carboxylic acids is 1. The van der Waals surface area contributed by atoms with Crippen molar-refractivity contribution in [3.8, 4) is 0 Å². The van der Waals surface area contributed by atoms with Gasteiger partial charge in [0.05, 0.1) is 5.92 Å². The first-order valence-electron chi connectivity index (χ1n) is 13.9. The van der Waals surface area contributed by atoms with E-state index >= 15 is 0 Å². The molecule has 0 aromatic rings. The lowest BCUT2D eigenvalue weighted by atomic mass is 9.81. The van der Waals surface area contributed by atoms with Crippen molar-refractivity contribution in [3.63, 3.8) is 0 Å². The third-order valence-corrected chi connectivity index (χ3v) is 6.86. The van der Waals surface area contributed by atoms with Crippen molar-refractivity contribution < 1.29 is 9.90 Å². The SMILES string of the molecule is CCCCCCCCCCCCCCCCC(CCCCC)C(CCCC)C(=O)O. The Hall–Kier alpha value is -0.530. The summed E-state index contributed by atoms with van der Waals surface area (Å²) in [6.07, 6.45) is 28.3. The van der Waals surface area contributed by atoms with Crippen LogP contribution in [0.5, 0.6) is 0 Å². The van der Waals surface area contributed by atoms with E-state index in [9.17, 15) is 9.90 Å². The molecule has 2 unspecified atom stereocenters. The summed E-state index contributed by atoms with van der Waals surface area (Å²) in [5, 5.41) is 9.74. The zero-order valence-electron chi connectivity index (χ0n) is 21.1. The van der Waals surface area contributed by atoms with Crippen molar-refractivity contribution in [1.82, 2.24) is 0 Å². The summed E-state index contributed by atoms with van der Waals surface area (Å²) in [4.78, 5) is 11.8. The molecule has 0 aromatic heterocycles. The lowest BCUT2D eigenvalue weighted by Gasteiger charge is -2.24. The topological polar surface area (TPSA) is 37.3 Å². The van der Waals surface area contributed by atoms with Crippen LogP contribution in [0, 0.1) is 11.8 Å². The highest BCUT2D eigenvalue weighted by molar-refractivity contribution is 5.70. The third kappa shape index (κ3) is 18.3. The van der Waals surface area contributed by atoms with Gasteiger partial charge in [0.1, 0.15) is 0 Å². The first-order chi connectivity index (χ1) is 14.7. The van der Waals surface area contributed by atoms with Gasteiger partial charge in [-0.3, -0.25) is 4.79 Å². The highest BCUT2D eigenvalue weighted by Gasteiger charge is 2.26. The van der Waals surface area contributed by atoms with Crippen LogP contribution in [0.2, 0.25) is 0 Å². The third-order valence-electron chi connectivity index (χ3n) is 6.86. The van der Waals surface area contributed by atoms with Gasteiger partial charge in [-0.2, -0.15) is 0 Å². The second kappa shape index (κ2) is 23.1.